The van der Waals surface area contributed by atoms with Crippen LogP contribution in [0.3, 0.4) is 0 Å². The molecule has 1 heterocycles. The van der Waals surface area contributed by atoms with E-state index < -0.39 is 36.0 Å². The van der Waals surface area contributed by atoms with Gasteiger partial charge in [-0.05, 0) is 38.8 Å². The van der Waals surface area contributed by atoms with E-state index in [4.69, 9.17) is 9.47 Å². The smallest absolute Gasteiger partial charge is 0.331 e. The van der Waals surface area contributed by atoms with E-state index in [1.54, 1.807) is 6.92 Å². The molecule has 3 atom stereocenters. The van der Waals surface area contributed by atoms with Gasteiger partial charge in [0.05, 0.1) is 12.2 Å². The zero-order valence-electron chi connectivity index (χ0n) is 11.4. The highest BCUT2D eigenvalue weighted by molar-refractivity contribution is 5.99. The molecule has 1 N–H and O–H groups in total. The predicted octanol–water partition coefficient (Wildman–Crippen LogP) is 0.686. The van der Waals surface area contributed by atoms with Crippen molar-refractivity contribution in [3.05, 3.63) is 24.3 Å². The molecule has 0 fully saturated rings. The van der Waals surface area contributed by atoms with Crippen LogP contribution in [0.15, 0.2) is 24.3 Å². The lowest BCUT2D eigenvalue weighted by Gasteiger charge is -2.14. The van der Waals surface area contributed by atoms with Gasteiger partial charge >= 0.3 is 11.9 Å². The molecule has 1 aliphatic heterocycles. The lowest BCUT2D eigenvalue weighted by atomic mass is 10.1. The second kappa shape index (κ2) is 7.59. The van der Waals surface area contributed by atoms with Crippen molar-refractivity contribution in [2.75, 3.05) is 0 Å². The number of carbonyl (C=O) groups excluding carboxylic acids is 3. The van der Waals surface area contributed by atoms with Gasteiger partial charge in [0.1, 0.15) is 0 Å². The molecule has 0 aromatic rings. The molecule has 20 heavy (non-hydrogen) atoms. The summed E-state index contributed by atoms with van der Waals surface area (Å²) in [5.74, 6) is -1.88. The van der Waals surface area contributed by atoms with Gasteiger partial charge in [-0.2, -0.15) is 0 Å². The second-order valence-electron chi connectivity index (χ2n) is 4.57. The fourth-order valence-electron chi connectivity index (χ4n) is 1.55. The van der Waals surface area contributed by atoms with Gasteiger partial charge in [-0.25, -0.2) is 9.59 Å². The van der Waals surface area contributed by atoms with Gasteiger partial charge in [0.15, 0.2) is 11.9 Å². The molecular formula is C14H18O6. The topological polar surface area (TPSA) is 89.9 Å². The highest BCUT2D eigenvalue weighted by Crippen LogP contribution is 2.08. The number of carbonyl (C=O) groups is 3. The molecular weight excluding hydrogens is 264 g/mol. The van der Waals surface area contributed by atoms with Crippen molar-refractivity contribution in [1.29, 1.82) is 0 Å². The van der Waals surface area contributed by atoms with Crippen molar-refractivity contribution >= 4 is 17.7 Å². The van der Waals surface area contributed by atoms with Crippen LogP contribution < -0.4 is 0 Å². The van der Waals surface area contributed by atoms with Crippen LogP contribution in [0.1, 0.15) is 26.7 Å². The first-order chi connectivity index (χ1) is 9.38. The van der Waals surface area contributed by atoms with E-state index in [9.17, 15) is 19.5 Å². The molecule has 1 unspecified atom stereocenters. The Morgan fingerprint density at radius 1 is 1.00 bits per heavy atom. The number of aliphatic hydroxyl groups excluding tert-OH is 1. The Balaban J connectivity index is 2.82. The van der Waals surface area contributed by atoms with Crippen molar-refractivity contribution < 1.29 is 29.0 Å². The molecule has 0 aromatic heterocycles. The summed E-state index contributed by atoms with van der Waals surface area (Å²) in [5.41, 5.74) is 0. The lowest BCUT2D eigenvalue weighted by molar-refractivity contribution is -0.147. The normalized spacial score (nSPS) is 32.8. The standard InChI is InChI=1S/C14H18O6/c1-9-3-4-11(15)5-7-14(18)20-10(2)12(16)6-8-13(17)19-9/h5-11,15H,3-4H2,1-2H3/b7-5+,8-6+/t9-,10?,11-/m1/s1. The van der Waals surface area contributed by atoms with E-state index in [-0.39, 0.29) is 0 Å². The summed E-state index contributed by atoms with van der Waals surface area (Å²) in [4.78, 5) is 34.4. The minimum atomic E-state index is -1.01. The lowest BCUT2D eigenvalue weighted by Crippen LogP contribution is -2.23. The molecule has 1 rings (SSSR count). The van der Waals surface area contributed by atoms with Crippen molar-refractivity contribution in [3.8, 4) is 0 Å². The monoisotopic (exact) mass is 282 g/mol. The third-order valence-electron chi connectivity index (χ3n) is 2.72. The molecule has 0 amide bonds. The van der Waals surface area contributed by atoms with Crippen LogP contribution in [0.4, 0.5) is 0 Å². The zero-order chi connectivity index (χ0) is 15.1. The quantitative estimate of drug-likeness (QED) is 0.657. The number of aliphatic hydroxyl groups is 1. The largest absolute Gasteiger partial charge is 0.460 e. The maximum Gasteiger partial charge on any atom is 0.331 e. The molecule has 6 nitrogen and oxygen atoms in total. The van der Waals surface area contributed by atoms with Crippen LogP contribution in [0.2, 0.25) is 0 Å². The number of ether oxygens (including phenoxy) is 2. The molecule has 0 aliphatic carbocycles. The third kappa shape index (κ3) is 5.79. The Morgan fingerprint density at radius 2 is 1.65 bits per heavy atom. The summed E-state index contributed by atoms with van der Waals surface area (Å²) in [7, 11) is 0. The van der Waals surface area contributed by atoms with Crippen molar-refractivity contribution in [2.45, 2.75) is 45.0 Å². The Labute approximate surface area is 117 Å². The zero-order valence-corrected chi connectivity index (χ0v) is 11.4. The highest BCUT2D eigenvalue weighted by Gasteiger charge is 2.16. The number of rotatable bonds is 0. The van der Waals surface area contributed by atoms with Gasteiger partial charge in [0, 0.05) is 12.2 Å². The molecule has 0 radical (unpaired) electrons. The maximum absolute atomic E-state index is 11.6. The fraction of sp³-hybridized carbons (Fsp3) is 0.500. The molecule has 0 spiro atoms. The maximum atomic E-state index is 11.6. The molecule has 1 aliphatic rings. The second-order valence-corrected chi connectivity index (χ2v) is 4.57. The number of esters is 2. The average molecular weight is 282 g/mol. The van der Waals surface area contributed by atoms with Gasteiger partial charge < -0.3 is 14.6 Å². The molecule has 0 bridgehead atoms. The van der Waals surface area contributed by atoms with Gasteiger partial charge in [0.2, 0.25) is 0 Å². The van der Waals surface area contributed by atoms with E-state index in [1.807, 2.05) is 0 Å². The number of hydrogen-bond acceptors (Lipinski definition) is 6. The van der Waals surface area contributed by atoms with Crippen LogP contribution >= 0.6 is 0 Å². The third-order valence-corrected chi connectivity index (χ3v) is 2.72. The highest BCUT2D eigenvalue weighted by atomic mass is 16.5. The average Bonchev–Trinajstić information content (AvgIpc) is 2.39. The van der Waals surface area contributed by atoms with Gasteiger partial charge in [-0.3, -0.25) is 4.79 Å². The van der Waals surface area contributed by atoms with E-state index in [0.717, 1.165) is 18.2 Å². The summed E-state index contributed by atoms with van der Waals surface area (Å²) in [6, 6.07) is 0. The van der Waals surface area contributed by atoms with Gasteiger partial charge in [-0.1, -0.05) is 0 Å². The summed E-state index contributed by atoms with van der Waals surface area (Å²) in [6.07, 6.45) is 2.94. The number of hydrogen-bond donors (Lipinski definition) is 1. The van der Waals surface area contributed by atoms with Crippen molar-refractivity contribution in [3.63, 3.8) is 0 Å². The Bertz CT molecular complexity index is 437. The van der Waals surface area contributed by atoms with Crippen molar-refractivity contribution in [1.82, 2.24) is 0 Å². The van der Waals surface area contributed by atoms with E-state index in [2.05, 4.69) is 0 Å². The SMILES string of the molecule is CC1OC(=O)/C=C/[C@H](O)CC[C@@H](C)OC(=O)/C=C/C1=O. The minimum Gasteiger partial charge on any atom is -0.460 e. The summed E-state index contributed by atoms with van der Waals surface area (Å²) in [6.45, 7) is 3.08. The van der Waals surface area contributed by atoms with Crippen LogP contribution in [0, 0.1) is 0 Å². The molecule has 110 valence electrons. The van der Waals surface area contributed by atoms with E-state index in [1.165, 1.54) is 13.0 Å². The van der Waals surface area contributed by atoms with Crippen LogP contribution in [0.5, 0.6) is 0 Å². The van der Waals surface area contributed by atoms with Gasteiger partial charge in [0.25, 0.3) is 0 Å². The Morgan fingerprint density at radius 3 is 2.35 bits per heavy atom. The van der Waals surface area contributed by atoms with Crippen LogP contribution in [-0.4, -0.2) is 41.1 Å². The molecule has 0 aromatic carbocycles. The van der Waals surface area contributed by atoms with E-state index >= 15 is 0 Å². The summed E-state index contributed by atoms with van der Waals surface area (Å²) < 4.78 is 9.85. The minimum absolute atomic E-state index is 0.344. The van der Waals surface area contributed by atoms with E-state index in [0.29, 0.717) is 12.8 Å². The Hall–Kier alpha value is -1.95. The first-order valence-electron chi connectivity index (χ1n) is 6.38. The predicted molar refractivity (Wildman–Crippen MR) is 69.6 cm³/mol. The molecule has 6 heteroatoms. The number of cyclic esters (lactones) is 2. The first-order valence-corrected chi connectivity index (χ1v) is 6.38. The molecule has 0 saturated heterocycles. The molecule has 0 saturated carbocycles. The van der Waals surface area contributed by atoms with Gasteiger partial charge in [-0.15, -0.1) is 0 Å². The fourth-order valence-corrected chi connectivity index (χ4v) is 1.55. The van der Waals surface area contributed by atoms with Crippen LogP contribution in [-0.2, 0) is 23.9 Å². The first kappa shape index (κ1) is 16.1. The number of ketones is 1. The summed E-state index contributed by atoms with van der Waals surface area (Å²) in [5, 5.41) is 9.62. The van der Waals surface area contributed by atoms with Crippen LogP contribution in [0.25, 0.3) is 0 Å². The summed E-state index contributed by atoms with van der Waals surface area (Å²) >= 11 is 0. The Kier molecular flexibility index (Phi) is 6.11. The van der Waals surface area contributed by atoms with Crippen molar-refractivity contribution in [2.24, 2.45) is 0 Å².